The summed E-state index contributed by atoms with van der Waals surface area (Å²) in [7, 11) is 0. The van der Waals surface area contributed by atoms with Crippen LogP contribution in [0, 0.1) is 0 Å². The molecule has 0 radical (unpaired) electrons. The zero-order valence-electron chi connectivity index (χ0n) is 7.05. The summed E-state index contributed by atoms with van der Waals surface area (Å²) in [4.78, 5) is 13.4. The van der Waals surface area contributed by atoms with E-state index in [0.717, 1.165) is 0 Å². The Balaban J connectivity index is 3.22. The first-order valence-corrected chi connectivity index (χ1v) is 4.48. The molecule has 1 aromatic heterocycles. The Morgan fingerprint density at radius 3 is 2.43 bits per heavy atom. The van der Waals surface area contributed by atoms with Crippen LogP contribution in [0.15, 0.2) is 0 Å². The fraction of sp³-hybridized carbons (Fsp3) is 0.429. The maximum atomic E-state index is 12.3. The third kappa shape index (κ3) is 2.03. The van der Waals surface area contributed by atoms with Crippen molar-refractivity contribution in [1.29, 1.82) is 0 Å². The normalized spacial score (nSPS) is 11.7. The van der Waals surface area contributed by atoms with Crippen molar-refractivity contribution in [2.24, 2.45) is 0 Å². The van der Waals surface area contributed by atoms with Gasteiger partial charge >= 0.3 is 12.1 Å². The van der Waals surface area contributed by atoms with Crippen molar-refractivity contribution in [2.75, 3.05) is 0 Å². The Hall–Kier alpha value is -1.11. The zero-order valence-corrected chi connectivity index (χ0v) is 7.87. The lowest BCUT2D eigenvalue weighted by Gasteiger charge is -2.03. The van der Waals surface area contributed by atoms with E-state index in [1.165, 1.54) is 6.92 Å². The number of nitrogens with zero attached hydrogens (tertiary/aromatic N) is 1. The van der Waals surface area contributed by atoms with Gasteiger partial charge in [-0.05, 0) is 6.42 Å². The minimum atomic E-state index is -4.57. The molecule has 0 aromatic carbocycles. The van der Waals surface area contributed by atoms with Crippen molar-refractivity contribution >= 4 is 17.3 Å². The molecule has 7 heteroatoms. The highest BCUT2D eigenvalue weighted by atomic mass is 32.1. The number of hydrogen-bond acceptors (Lipinski definition) is 3. The van der Waals surface area contributed by atoms with E-state index in [-0.39, 0.29) is 11.3 Å². The number of carboxylic acids is 1. The van der Waals surface area contributed by atoms with E-state index in [1.807, 2.05) is 0 Å². The largest absolute Gasteiger partial charge is 0.476 e. The van der Waals surface area contributed by atoms with Crippen LogP contribution >= 0.6 is 11.3 Å². The van der Waals surface area contributed by atoms with E-state index in [4.69, 9.17) is 5.11 Å². The first kappa shape index (κ1) is 11.0. The maximum absolute atomic E-state index is 12.3. The van der Waals surface area contributed by atoms with Gasteiger partial charge in [-0.15, -0.1) is 11.3 Å². The second kappa shape index (κ2) is 3.56. The van der Waals surface area contributed by atoms with Crippen LogP contribution < -0.4 is 0 Å². The summed E-state index contributed by atoms with van der Waals surface area (Å²) < 4.78 is 36.8. The van der Waals surface area contributed by atoms with Gasteiger partial charge in [0.25, 0.3) is 0 Å². The van der Waals surface area contributed by atoms with Crippen molar-refractivity contribution in [3.63, 3.8) is 0 Å². The van der Waals surface area contributed by atoms with Gasteiger partial charge in [-0.3, -0.25) is 0 Å². The number of aromatic carboxylic acids is 1. The van der Waals surface area contributed by atoms with Crippen LogP contribution in [0.1, 0.15) is 27.3 Å². The number of aromatic nitrogens is 1. The van der Waals surface area contributed by atoms with Gasteiger partial charge in [-0.1, -0.05) is 6.92 Å². The fourth-order valence-corrected chi connectivity index (χ4v) is 1.76. The summed E-state index contributed by atoms with van der Waals surface area (Å²) in [6.45, 7) is 1.52. The summed E-state index contributed by atoms with van der Waals surface area (Å²) in [6, 6.07) is 0. The van der Waals surface area contributed by atoms with E-state index in [1.54, 1.807) is 0 Å². The number of hydrogen-bond donors (Lipinski definition) is 1. The van der Waals surface area contributed by atoms with E-state index < -0.39 is 22.8 Å². The molecular weight excluding hydrogens is 219 g/mol. The molecule has 78 valence electrons. The average molecular weight is 225 g/mol. The maximum Gasteiger partial charge on any atom is 0.434 e. The summed E-state index contributed by atoms with van der Waals surface area (Å²) in [6.07, 6.45) is -4.45. The standard InChI is InChI=1S/C7H6F3NO2S/c1-2-3-4(7(8,9)10)11-5(14-3)6(12)13/h2H2,1H3,(H,12,13). The first-order chi connectivity index (χ1) is 6.36. The van der Waals surface area contributed by atoms with Gasteiger partial charge in [-0.2, -0.15) is 13.2 Å². The molecule has 1 rings (SSSR count). The van der Waals surface area contributed by atoms with Gasteiger partial charge < -0.3 is 5.11 Å². The summed E-state index contributed by atoms with van der Waals surface area (Å²) >= 11 is 0.564. The number of carboxylic acid groups (broad SMARTS) is 1. The molecular formula is C7H6F3NO2S. The number of aryl methyl sites for hydroxylation is 1. The second-order valence-corrected chi connectivity index (χ2v) is 3.53. The Morgan fingerprint density at radius 2 is 2.14 bits per heavy atom. The van der Waals surface area contributed by atoms with Gasteiger partial charge in [0.05, 0.1) is 0 Å². The monoisotopic (exact) mass is 225 g/mol. The molecule has 0 aliphatic heterocycles. The number of halogens is 3. The molecule has 0 atom stereocenters. The van der Waals surface area contributed by atoms with Crippen molar-refractivity contribution in [3.8, 4) is 0 Å². The highest BCUT2D eigenvalue weighted by molar-refractivity contribution is 7.13. The van der Waals surface area contributed by atoms with Crippen LogP contribution in [-0.4, -0.2) is 16.1 Å². The summed E-state index contributed by atoms with van der Waals surface area (Å²) in [5.74, 6) is -1.43. The second-order valence-electron chi connectivity index (χ2n) is 2.45. The molecule has 0 aliphatic carbocycles. The lowest BCUT2D eigenvalue weighted by Crippen LogP contribution is -2.09. The molecule has 14 heavy (non-hydrogen) atoms. The van der Waals surface area contributed by atoms with Crippen molar-refractivity contribution in [1.82, 2.24) is 4.98 Å². The third-order valence-electron chi connectivity index (χ3n) is 1.47. The molecule has 0 unspecified atom stereocenters. The molecule has 1 heterocycles. The van der Waals surface area contributed by atoms with Gasteiger partial charge in [0.15, 0.2) is 5.69 Å². The van der Waals surface area contributed by atoms with E-state index >= 15 is 0 Å². The molecule has 0 spiro atoms. The van der Waals surface area contributed by atoms with Crippen molar-refractivity contribution in [2.45, 2.75) is 19.5 Å². The van der Waals surface area contributed by atoms with E-state index in [2.05, 4.69) is 4.98 Å². The van der Waals surface area contributed by atoms with Gasteiger partial charge in [-0.25, -0.2) is 9.78 Å². The molecule has 0 amide bonds. The highest BCUT2D eigenvalue weighted by Crippen LogP contribution is 2.34. The van der Waals surface area contributed by atoms with Crippen LogP contribution in [0.4, 0.5) is 13.2 Å². The molecule has 0 bridgehead atoms. The summed E-state index contributed by atoms with van der Waals surface area (Å²) in [5, 5.41) is 7.95. The number of alkyl halides is 3. The van der Waals surface area contributed by atoms with Crippen molar-refractivity contribution < 1.29 is 23.1 Å². The Labute approximate surface area is 81.2 Å². The zero-order chi connectivity index (χ0) is 10.9. The SMILES string of the molecule is CCc1sc(C(=O)O)nc1C(F)(F)F. The minimum Gasteiger partial charge on any atom is -0.476 e. The number of thiazole rings is 1. The summed E-state index contributed by atoms with van der Waals surface area (Å²) in [5.41, 5.74) is -1.08. The van der Waals surface area contributed by atoms with E-state index in [0.29, 0.717) is 11.3 Å². The lowest BCUT2D eigenvalue weighted by atomic mass is 10.3. The van der Waals surface area contributed by atoms with Gasteiger partial charge in [0.2, 0.25) is 5.01 Å². The van der Waals surface area contributed by atoms with Crippen LogP contribution in [0.3, 0.4) is 0 Å². The molecule has 0 saturated carbocycles. The quantitative estimate of drug-likeness (QED) is 0.840. The molecule has 0 fully saturated rings. The fourth-order valence-electron chi connectivity index (χ4n) is 0.904. The predicted octanol–water partition coefficient (Wildman–Crippen LogP) is 2.42. The minimum absolute atomic E-state index is 0.0464. The highest BCUT2D eigenvalue weighted by Gasteiger charge is 2.37. The van der Waals surface area contributed by atoms with Crippen LogP contribution in [0.2, 0.25) is 0 Å². The van der Waals surface area contributed by atoms with Crippen LogP contribution in [0.25, 0.3) is 0 Å². The third-order valence-corrected chi connectivity index (χ3v) is 2.66. The Bertz CT molecular complexity index is 358. The number of rotatable bonds is 2. The van der Waals surface area contributed by atoms with Crippen molar-refractivity contribution in [3.05, 3.63) is 15.6 Å². The smallest absolute Gasteiger partial charge is 0.434 e. The predicted molar refractivity (Wildman–Crippen MR) is 43.5 cm³/mol. The molecule has 0 aliphatic rings. The average Bonchev–Trinajstić information content (AvgIpc) is 2.46. The number of carbonyl (C=O) groups is 1. The lowest BCUT2D eigenvalue weighted by molar-refractivity contribution is -0.141. The molecule has 0 saturated heterocycles. The molecule has 3 nitrogen and oxygen atoms in total. The van der Waals surface area contributed by atoms with E-state index in [9.17, 15) is 18.0 Å². The Morgan fingerprint density at radius 1 is 1.57 bits per heavy atom. The Kier molecular flexibility index (Phi) is 2.79. The van der Waals surface area contributed by atoms with Gasteiger partial charge in [0, 0.05) is 4.88 Å². The topological polar surface area (TPSA) is 50.2 Å². The van der Waals surface area contributed by atoms with Crippen LogP contribution in [-0.2, 0) is 12.6 Å². The first-order valence-electron chi connectivity index (χ1n) is 3.66. The molecule has 1 N–H and O–H groups in total. The van der Waals surface area contributed by atoms with Crippen LogP contribution in [0.5, 0.6) is 0 Å². The van der Waals surface area contributed by atoms with Gasteiger partial charge in [0.1, 0.15) is 0 Å². The molecule has 1 aromatic rings.